The van der Waals surface area contributed by atoms with Crippen molar-refractivity contribution in [2.75, 3.05) is 24.5 Å². The Balaban J connectivity index is 2.30. The maximum absolute atomic E-state index is 11.7. The highest BCUT2D eigenvalue weighted by molar-refractivity contribution is 5.94. The van der Waals surface area contributed by atoms with Gasteiger partial charge in [0.1, 0.15) is 5.82 Å². The van der Waals surface area contributed by atoms with Gasteiger partial charge in [-0.1, -0.05) is 0 Å². The first kappa shape index (κ1) is 10.2. The van der Waals surface area contributed by atoms with Crippen LogP contribution in [-0.2, 0) is 11.3 Å². The molecule has 0 atom stereocenters. The van der Waals surface area contributed by atoms with Crippen LogP contribution in [0.2, 0.25) is 0 Å². The van der Waals surface area contributed by atoms with E-state index in [9.17, 15) is 4.79 Å². The van der Waals surface area contributed by atoms with Gasteiger partial charge in [0, 0.05) is 25.7 Å². The number of rotatable bonds is 2. The molecule has 82 valence electrons. The minimum atomic E-state index is 0.121. The van der Waals surface area contributed by atoms with E-state index in [1.165, 1.54) is 0 Å². The number of aromatic nitrogens is 2. The molecule has 0 spiro atoms. The summed E-state index contributed by atoms with van der Waals surface area (Å²) in [5, 5.41) is 7.40. The minimum absolute atomic E-state index is 0.121. The number of nitrogens with zero attached hydrogens (tertiary/aromatic N) is 3. The molecule has 15 heavy (non-hydrogen) atoms. The number of nitrogens with one attached hydrogen (secondary N) is 1. The molecular weight excluding hydrogens is 192 g/mol. The average Bonchev–Trinajstić information content (AvgIpc) is 2.60. The Morgan fingerprint density at radius 3 is 3.07 bits per heavy atom. The second-order valence-electron chi connectivity index (χ2n) is 3.68. The molecular formula is C10H16N4O. The van der Waals surface area contributed by atoms with Gasteiger partial charge in [0.15, 0.2) is 0 Å². The van der Waals surface area contributed by atoms with E-state index in [0.29, 0.717) is 6.54 Å². The van der Waals surface area contributed by atoms with Gasteiger partial charge < -0.3 is 5.32 Å². The first-order chi connectivity index (χ1) is 7.22. The van der Waals surface area contributed by atoms with Gasteiger partial charge in [-0.15, -0.1) is 0 Å². The van der Waals surface area contributed by atoms with Crippen LogP contribution in [-0.4, -0.2) is 35.3 Å². The predicted octanol–water partition coefficient (Wildman–Crippen LogP) is 0.148. The van der Waals surface area contributed by atoms with Gasteiger partial charge in [-0.2, -0.15) is 5.10 Å². The predicted molar refractivity (Wildman–Crippen MR) is 57.9 cm³/mol. The molecule has 0 radical (unpaired) electrons. The van der Waals surface area contributed by atoms with Crippen LogP contribution in [0.3, 0.4) is 0 Å². The van der Waals surface area contributed by atoms with E-state index in [0.717, 1.165) is 31.1 Å². The number of carbonyl (C=O) groups is 1. The van der Waals surface area contributed by atoms with E-state index < -0.39 is 0 Å². The van der Waals surface area contributed by atoms with E-state index in [2.05, 4.69) is 10.4 Å². The Kier molecular flexibility index (Phi) is 2.73. The summed E-state index contributed by atoms with van der Waals surface area (Å²) in [6.45, 7) is 6.77. The first-order valence-electron chi connectivity index (χ1n) is 5.28. The van der Waals surface area contributed by atoms with Crippen molar-refractivity contribution in [1.29, 1.82) is 0 Å². The number of aryl methyl sites for hydroxylation is 2. The van der Waals surface area contributed by atoms with Crippen LogP contribution in [0.1, 0.15) is 12.6 Å². The Labute approximate surface area is 89.1 Å². The van der Waals surface area contributed by atoms with Gasteiger partial charge in [0.2, 0.25) is 5.91 Å². The fraction of sp³-hybridized carbons (Fsp3) is 0.600. The van der Waals surface area contributed by atoms with Crippen LogP contribution in [0.15, 0.2) is 6.07 Å². The number of hydrogen-bond donors (Lipinski definition) is 1. The number of anilines is 1. The lowest BCUT2D eigenvalue weighted by Crippen LogP contribution is -2.48. The molecule has 1 N–H and O–H groups in total. The normalized spacial score (nSPS) is 17.2. The lowest BCUT2D eigenvalue weighted by molar-refractivity contribution is -0.118. The van der Waals surface area contributed by atoms with Crippen molar-refractivity contribution in [3.63, 3.8) is 0 Å². The van der Waals surface area contributed by atoms with Crippen LogP contribution in [0, 0.1) is 6.92 Å². The van der Waals surface area contributed by atoms with Crippen molar-refractivity contribution in [1.82, 2.24) is 15.1 Å². The smallest absolute Gasteiger partial charge is 0.242 e. The molecule has 5 heteroatoms. The fourth-order valence-electron chi connectivity index (χ4n) is 1.83. The summed E-state index contributed by atoms with van der Waals surface area (Å²) >= 11 is 0. The quantitative estimate of drug-likeness (QED) is 0.752. The first-order valence-corrected chi connectivity index (χ1v) is 5.28. The maximum atomic E-state index is 11.7. The number of piperazine rings is 1. The van der Waals surface area contributed by atoms with Crippen molar-refractivity contribution in [3.05, 3.63) is 11.8 Å². The van der Waals surface area contributed by atoms with E-state index in [1.807, 2.05) is 24.6 Å². The molecule has 0 bridgehead atoms. The van der Waals surface area contributed by atoms with Crippen LogP contribution in [0.4, 0.5) is 5.82 Å². The molecule has 0 unspecified atom stereocenters. The average molecular weight is 208 g/mol. The zero-order chi connectivity index (χ0) is 10.8. The molecule has 5 nitrogen and oxygen atoms in total. The highest BCUT2D eigenvalue weighted by Gasteiger charge is 2.22. The zero-order valence-corrected chi connectivity index (χ0v) is 9.16. The Bertz CT molecular complexity index is 371. The second-order valence-corrected chi connectivity index (χ2v) is 3.68. The summed E-state index contributed by atoms with van der Waals surface area (Å²) in [7, 11) is 0. The third-order valence-corrected chi connectivity index (χ3v) is 2.55. The van der Waals surface area contributed by atoms with Crippen molar-refractivity contribution >= 4 is 11.7 Å². The van der Waals surface area contributed by atoms with Crippen molar-refractivity contribution in [2.24, 2.45) is 0 Å². The van der Waals surface area contributed by atoms with Crippen molar-refractivity contribution < 1.29 is 4.79 Å². The number of amides is 1. The van der Waals surface area contributed by atoms with Gasteiger partial charge >= 0.3 is 0 Å². The Morgan fingerprint density at radius 1 is 1.60 bits per heavy atom. The molecule has 0 aromatic carbocycles. The molecule has 0 aliphatic carbocycles. The summed E-state index contributed by atoms with van der Waals surface area (Å²) < 4.78 is 1.87. The van der Waals surface area contributed by atoms with Crippen LogP contribution < -0.4 is 10.2 Å². The molecule has 1 saturated heterocycles. The summed E-state index contributed by atoms with van der Waals surface area (Å²) in [4.78, 5) is 13.5. The topological polar surface area (TPSA) is 50.2 Å². The third-order valence-electron chi connectivity index (χ3n) is 2.55. The van der Waals surface area contributed by atoms with Crippen LogP contribution in [0.5, 0.6) is 0 Å². The van der Waals surface area contributed by atoms with Gasteiger partial charge in [0.25, 0.3) is 0 Å². The Morgan fingerprint density at radius 2 is 2.40 bits per heavy atom. The van der Waals surface area contributed by atoms with Crippen LogP contribution in [0.25, 0.3) is 0 Å². The molecule has 0 saturated carbocycles. The summed E-state index contributed by atoms with van der Waals surface area (Å²) in [5.41, 5.74) is 0.957. The minimum Gasteiger partial charge on any atom is -0.307 e. The SMILES string of the molecule is CCn1nc(C)cc1N1CCNCC1=O. The second kappa shape index (κ2) is 4.02. The van der Waals surface area contributed by atoms with E-state index in [4.69, 9.17) is 0 Å². The van der Waals surface area contributed by atoms with Gasteiger partial charge in [0.05, 0.1) is 12.2 Å². The Hall–Kier alpha value is -1.36. The fourth-order valence-corrected chi connectivity index (χ4v) is 1.83. The molecule has 1 aliphatic heterocycles. The monoisotopic (exact) mass is 208 g/mol. The molecule has 2 rings (SSSR count). The lowest BCUT2D eigenvalue weighted by atomic mass is 10.3. The largest absolute Gasteiger partial charge is 0.307 e. The third kappa shape index (κ3) is 1.87. The standard InChI is InChI=1S/C10H16N4O/c1-3-14-9(6-8(2)12-14)13-5-4-11-7-10(13)15/h6,11H,3-5,7H2,1-2H3. The van der Waals surface area contributed by atoms with Gasteiger partial charge in [-0.05, 0) is 13.8 Å². The zero-order valence-electron chi connectivity index (χ0n) is 9.16. The maximum Gasteiger partial charge on any atom is 0.242 e. The molecule has 1 aliphatic rings. The van der Waals surface area contributed by atoms with E-state index >= 15 is 0 Å². The highest BCUT2D eigenvalue weighted by Crippen LogP contribution is 2.17. The van der Waals surface area contributed by atoms with Crippen molar-refractivity contribution in [3.8, 4) is 0 Å². The molecule has 1 amide bonds. The van der Waals surface area contributed by atoms with Gasteiger partial charge in [-0.25, -0.2) is 4.68 Å². The summed E-state index contributed by atoms with van der Waals surface area (Å²) in [5.74, 6) is 1.04. The molecule has 2 heterocycles. The highest BCUT2D eigenvalue weighted by atomic mass is 16.2. The van der Waals surface area contributed by atoms with E-state index in [1.54, 1.807) is 4.90 Å². The lowest BCUT2D eigenvalue weighted by Gasteiger charge is -2.27. The van der Waals surface area contributed by atoms with Crippen molar-refractivity contribution in [2.45, 2.75) is 20.4 Å². The van der Waals surface area contributed by atoms with Gasteiger partial charge in [-0.3, -0.25) is 9.69 Å². The molecule has 1 fully saturated rings. The molecule has 1 aromatic rings. The summed E-state index contributed by atoms with van der Waals surface area (Å²) in [6, 6.07) is 1.96. The van der Waals surface area contributed by atoms with E-state index in [-0.39, 0.29) is 5.91 Å². The number of hydrogen-bond acceptors (Lipinski definition) is 3. The summed E-state index contributed by atoms with van der Waals surface area (Å²) in [6.07, 6.45) is 0. The number of carbonyl (C=O) groups excluding carboxylic acids is 1. The molecule has 1 aromatic heterocycles. The van der Waals surface area contributed by atoms with Crippen LogP contribution >= 0.6 is 0 Å².